The van der Waals surface area contributed by atoms with Crippen LogP contribution < -0.4 is 11.3 Å². The van der Waals surface area contributed by atoms with E-state index >= 15 is 0 Å². The Morgan fingerprint density at radius 3 is 3.00 bits per heavy atom. The lowest BCUT2D eigenvalue weighted by molar-refractivity contribution is 0.449. The van der Waals surface area contributed by atoms with E-state index in [0.717, 1.165) is 11.5 Å². The van der Waals surface area contributed by atoms with Crippen molar-refractivity contribution in [3.63, 3.8) is 0 Å². The quantitative estimate of drug-likeness (QED) is 0.604. The van der Waals surface area contributed by atoms with Gasteiger partial charge in [0.1, 0.15) is 5.76 Å². The summed E-state index contributed by atoms with van der Waals surface area (Å²) in [5.74, 6) is 6.43. The number of aryl methyl sites for hydroxylation is 1. The average Bonchev–Trinajstić information content (AvgIpc) is 2.78. The van der Waals surface area contributed by atoms with Crippen molar-refractivity contribution < 1.29 is 4.42 Å². The van der Waals surface area contributed by atoms with Crippen LogP contribution in [0.2, 0.25) is 0 Å². The van der Waals surface area contributed by atoms with E-state index < -0.39 is 0 Å². The number of hydrogen-bond acceptors (Lipinski definition) is 4. The molecule has 3 N–H and O–H groups in total. The molecule has 4 heteroatoms. The minimum Gasteiger partial charge on any atom is -0.469 e. The average molecular weight is 217 g/mol. The fourth-order valence-corrected chi connectivity index (χ4v) is 1.63. The molecule has 2 aromatic rings. The number of nitrogens with one attached hydrogen (secondary N) is 1. The molecule has 84 valence electrons. The van der Waals surface area contributed by atoms with Crippen molar-refractivity contribution >= 4 is 0 Å². The van der Waals surface area contributed by atoms with E-state index in [1.165, 1.54) is 5.56 Å². The van der Waals surface area contributed by atoms with Gasteiger partial charge < -0.3 is 4.42 Å². The number of nitrogens with zero attached hydrogens (tertiary/aromatic N) is 1. The van der Waals surface area contributed by atoms with E-state index in [0.29, 0.717) is 6.42 Å². The lowest BCUT2D eigenvalue weighted by Crippen LogP contribution is -2.30. The minimum absolute atomic E-state index is 0.0222. The van der Waals surface area contributed by atoms with Gasteiger partial charge >= 0.3 is 0 Å². The normalized spacial score (nSPS) is 12.6. The summed E-state index contributed by atoms with van der Waals surface area (Å²) < 4.78 is 5.29. The first-order valence-corrected chi connectivity index (χ1v) is 5.20. The zero-order valence-electron chi connectivity index (χ0n) is 9.18. The maximum absolute atomic E-state index is 5.54. The van der Waals surface area contributed by atoms with Crippen LogP contribution in [0.25, 0.3) is 0 Å². The molecule has 1 atom stereocenters. The third-order valence-corrected chi connectivity index (χ3v) is 2.48. The Kier molecular flexibility index (Phi) is 3.34. The number of rotatable bonds is 4. The van der Waals surface area contributed by atoms with Gasteiger partial charge in [-0.3, -0.25) is 16.3 Å². The van der Waals surface area contributed by atoms with Gasteiger partial charge in [0.2, 0.25) is 0 Å². The first-order chi connectivity index (χ1) is 7.79. The SMILES string of the molecule is Cc1ccnc(C(Cc2ccco2)NN)c1. The molecule has 4 nitrogen and oxygen atoms in total. The highest BCUT2D eigenvalue weighted by Gasteiger charge is 2.13. The van der Waals surface area contributed by atoms with Crippen LogP contribution in [-0.4, -0.2) is 4.98 Å². The second-order valence-corrected chi connectivity index (χ2v) is 3.76. The zero-order chi connectivity index (χ0) is 11.4. The Bertz CT molecular complexity index is 439. The molecule has 2 rings (SSSR count). The van der Waals surface area contributed by atoms with Gasteiger partial charge in [-0.25, -0.2) is 0 Å². The van der Waals surface area contributed by atoms with Crippen molar-refractivity contribution in [1.29, 1.82) is 0 Å². The first-order valence-electron chi connectivity index (χ1n) is 5.20. The smallest absolute Gasteiger partial charge is 0.105 e. The molecule has 0 amide bonds. The first kappa shape index (κ1) is 10.9. The Morgan fingerprint density at radius 2 is 2.38 bits per heavy atom. The molecule has 0 bridgehead atoms. The van der Waals surface area contributed by atoms with Gasteiger partial charge in [-0.05, 0) is 36.8 Å². The van der Waals surface area contributed by atoms with Crippen LogP contribution in [0.3, 0.4) is 0 Å². The lowest BCUT2D eigenvalue weighted by Gasteiger charge is -2.14. The minimum atomic E-state index is -0.0222. The summed E-state index contributed by atoms with van der Waals surface area (Å²) >= 11 is 0. The van der Waals surface area contributed by atoms with Crippen LogP contribution in [0, 0.1) is 6.92 Å². The summed E-state index contributed by atoms with van der Waals surface area (Å²) in [6.07, 6.45) is 4.14. The number of hydrogen-bond donors (Lipinski definition) is 2. The Labute approximate surface area is 94.5 Å². The molecule has 2 heterocycles. The number of pyridine rings is 1. The van der Waals surface area contributed by atoms with E-state index in [-0.39, 0.29) is 6.04 Å². The van der Waals surface area contributed by atoms with Gasteiger partial charge in [0, 0.05) is 12.6 Å². The summed E-state index contributed by atoms with van der Waals surface area (Å²) in [6, 6.07) is 7.76. The number of aromatic nitrogens is 1. The predicted molar refractivity (Wildman–Crippen MR) is 61.5 cm³/mol. The standard InChI is InChI=1S/C12H15N3O/c1-9-4-5-14-11(7-9)12(15-13)8-10-3-2-6-16-10/h2-7,12,15H,8,13H2,1H3. The molecule has 0 radical (unpaired) electrons. The van der Waals surface area contributed by atoms with Crippen LogP contribution in [0.4, 0.5) is 0 Å². The van der Waals surface area contributed by atoms with Crippen molar-refractivity contribution in [3.05, 3.63) is 53.7 Å². The molecule has 0 aliphatic carbocycles. The van der Waals surface area contributed by atoms with Crippen molar-refractivity contribution in [2.75, 3.05) is 0 Å². The fourth-order valence-electron chi connectivity index (χ4n) is 1.63. The predicted octanol–water partition coefficient (Wildman–Crippen LogP) is 1.73. The summed E-state index contributed by atoms with van der Waals surface area (Å²) in [4.78, 5) is 4.31. The topological polar surface area (TPSA) is 64.1 Å². The molecule has 16 heavy (non-hydrogen) atoms. The second-order valence-electron chi connectivity index (χ2n) is 3.76. The number of hydrazine groups is 1. The van der Waals surface area contributed by atoms with E-state index in [1.54, 1.807) is 12.5 Å². The fraction of sp³-hybridized carbons (Fsp3) is 0.250. The van der Waals surface area contributed by atoms with E-state index in [9.17, 15) is 0 Å². The third-order valence-electron chi connectivity index (χ3n) is 2.48. The van der Waals surface area contributed by atoms with Crippen LogP contribution in [0.15, 0.2) is 41.1 Å². The highest BCUT2D eigenvalue weighted by atomic mass is 16.3. The highest BCUT2D eigenvalue weighted by Crippen LogP contribution is 2.16. The molecule has 0 saturated heterocycles. The van der Waals surface area contributed by atoms with Crippen LogP contribution in [-0.2, 0) is 6.42 Å². The molecule has 0 fully saturated rings. The van der Waals surface area contributed by atoms with Gasteiger partial charge in [0.15, 0.2) is 0 Å². The Hall–Kier alpha value is -1.65. The molecular weight excluding hydrogens is 202 g/mol. The van der Waals surface area contributed by atoms with Crippen molar-refractivity contribution in [2.24, 2.45) is 5.84 Å². The largest absolute Gasteiger partial charge is 0.469 e. The number of furan rings is 1. The summed E-state index contributed by atoms with van der Waals surface area (Å²) in [6.45, 7) is 2.03. The molecule has 1 unspecified atom stereocenters. The maximum atomic E-state index is 5.54. The monoisotopic (exact) mass is 217 g/mol. The molecule has 0 spiro atoms. The highest BCUT2D eigenvalue weighted by molar-refractivity contribution is 5.18. The van der Waals surface area contributed by atoms with Gasteiger partial charge in [-0.15, -0.1) is 0 Å². The zero-order valence-corrected chi connectivity index (χ0v) is 9.18. The second kappa shape index (κ2) is 4.92. The Morgan fingerprint density at radius 1 is 1.50 bits per heavy atom. The molecule has 0 aliphatic heterocycles. The van der Waals surface area contributed by atoms with Gasteiger partial charge in [0.05, 0.1) is 18.0 Å². The summed E-state index contributed by atoms with van der Waals surface area (Å²) in [5.41, 5.74) is 4.86. The van der Waals surface area contributed by atoms with Crippen LogP contribution >= 0.6 is 0 Å². The van der Waals surface area contributed by atoms with E-state index in [1.807, 2.05) is 31.2 Å². The van der Waals surface area contributed by atoms with Crippen molar-refractivity contribution in [2.45, 2.75) is 19.4 Å². The lowest BCUT2D eigenvalue weighted by atomic mass is 10.1. The third kappa shape index (κ3) is 2.48. The van der Waals surface area contributed by atoms with Crippen LogP contribution in [0.1, 0.15) is 23.1 Å². The van der Waals surface area contributed by atoms with E-state index in [2.05, 4.69) is 10.4 Å². The molecule has 0 saturated carbocycles. The maximum Gasteiger partial charge on any atom is 0.105 e. The van der Waals surface area contributed by atoms with Crippen molar-refractivity contribution in [1.82, 2.24) is 10.4 Å². The number of nitrogens with two attached hydrogens (primary N) is 1. The molecule has 0 aromatic carbocycles. The Balaban J connectivity index is 2.16. The van der Waals surface area contributed by atoms with Crippen molar-refractivity contribution in [3.8, 4) is 0 Å². The summed E-state index contributed by atoms with van der Waals surface area (Å²) in [5, 5.41) is 0. The summed E-state index contributed by atoms with van der Waals surface area (Å²) in [7, 11) is 0. The van der Waals surface area contributed by atoms with Gasteiger partial charge in [0.25, 0.3) is 0 Å². The molecule has 2 aromatic heterocycles. The van der Waals surface area contributed by atoms with Crippen LogP contribution in [0.5, 0.6) is 0 Å². The van der Waals surface area contributed by atoms with E-state index in [4.69, 9.17) is 10.3 Å². The molecular formula is C12H15N3O. The van der Waals surface area contributed by atoms with Gasteiger partial charge in [-0.1, -0.05) is 0 Å². The molecule has 0 aliphatic rings. The van der Waals surface area contributed by atoms with Gasteiger partial charge in [-0.2, -0.15) is 0 Å².